The molecule has 2 atom stereocenters. The molecule has 2 heterocycles. The first kappa shape index (κ1) is 10.5. The molecule has 0 saturated carbocycles. The van der Waals surface area contributed by atoms with Crippen molar-refractivity contribution in [3.05, 3.63) is 28.9 Å². The molecule has 0 spiro atoms. The Morgan fingerprint density at radius 1 is 1.60 bits per heavy atom. The quantitative estimate of drug-likeness (QED) is 0.849. The molecule has 0 bridgehead atoms. The van der Waals surface area contributed by atoms with Crippen LogP contribution in [0.15, 0.2) is 23.2 Å². The van der Waals surface area contributed by atoms with Gasteiger partial charge in [-0.1, -0.05) is 0 Å². The van der Waals surface area contributed by atoms with E-state index in [1.54, 1.807) is 30.0 Å². The minimum atomic E-state index is -0.753. The maximum atomic E-state index is 9.75. The van der Waals surface area contributed by atoms with Gasteiger partial charge in [0.1, 0.15) is 12.4 Å². The smallest absolute Gasteiger partial charge is 0.154 e. The SMILES string of the molecule is CC(N)C(O)c1cn2cncc(Br)c2n1. The number of aromatic nitrogens is 3. The van der Waals surface area contributed by atoms with Gasteiger partial charge in [0, 0.05) is 18.4 Å². The number of aliphatic hydroxyl groups excluding tert-OH is 1. The summed E-state index contributed by atoms with van der Waals surface area (Å²) in [6, 6.07) is -0.346. The van der Waals surface area contributed by atoms with E-state index < -0.39 is 6.10 Å². The zero-order valence-corrected chi connectivity index (χ0v) is 9.72. The number of fused-ring (bicyclic) bond motifs is 1. The van der Waals surface area contributed by atoms with Crippen LogP contribution < -0.4 is 5.73 Å². The zero-order valence-electron chi connectivity index (χ0n) is 8.13. The molecule has 2 aromatic heterocycles. The first-order valence-corrected chi connectivity index (χ1v) is 5.30. The van der Waals surface area contributed by atoms with E-state index in [-0.39, 0.29) is 6.04 Å². The third-order valence-electron chi connectivity index (χ3n) is 2.14. The highest BCUT2D eigenvalue weighted by Crippen LogP contribution is 2.20. The Hall–Kier alpha value is -0.980. The topological polar surface area (TPSA) is 76.4 Å². The molecule has 3 N–H and O–H groups in total. The number of hydrogen-bond acceptors (Lipinski definition) is 4. The Bertz CT molecular complexity index is 482. The highest BCUT2D eigenvalue weighted by Gasteiger charge is 2.16. The van der Waals surface area contributed by atoms with E-state index >= 15 is 0 Å². The van der Waals surface area contributed by atoms with Gasteiger partial charge < -0.3 is 10.8 Å². The molecule has 5 nitrogen and oxygen atoms in total. The molecule has 2 unspecified atom stereocenters. The summed E-state index contributed by atoms with van der Waals surface area (Å²) < 4.78 is 2.53. The van der Waals surface area contributed by atoms with Crippen LogP contribution >= 0.6 is 15.9 Å². The van der Waals surface area contributed by atoms with Crippen LogP contribution in [0.1, 0.15) is 18.7 Å². The minimum absolute atomic E-state index is 0.346. The summed E-state index contributed by atoms with van der Waals surface area (Å²) in [4.78, 5) is 8.27. The third-order valence-corrected chi connectivity index (χ3v) is 2.70. The fourth-order valence-corrected chi connectivity index (χ4v) is 1.73. The second kappa shape index (κ2) is 3.88. The van der Waals surface area contributed by atoms with Gasteiger partial charge in [-0.05, 0) is 22.9 Å². The molecule has 0 aliphatic heterocycles. The van der Waals surface area contributed by atoms with Crippen LogP contribution in [0.2, 0.25) is 0 Å². The van der Waals surface area contributed by atoms with Crippen molar-refractivity contribution < 1.29 is 5.11 Å². The van der Waals surface area contributed by atoms with Gasteiger partial charge in [-0.15, -0.1) is 0 Å². The van der Waals surface area contributed by atoms with Crippen LogP contribution in [0.3, 0.4) is 0 Å². The Labute approximate surface area is 95.1 Å². The van der Waals surface area contributed by atoms with E-state index in [2.05, 4.69) is 25.9 Å². The van der Waals surface area contributed by atoms with Crippen LogP contribution in [-0.2, 0) is 0 Å². The van der Waals surface area contributed by atoms with Crippen LogP contribution in [0.25, 0.3) is 5.65 Å². The van der Waals surface area contributed by atoms with E-state index in [0.717, 1.165) is 10.1 Å². The summed E-state index contributed by atoms with van der Waals surface area (Å²) >= 11 is 3.34. The minimum Gasteiger partial charge on any atom is -0.385 e. The molecule has 0 amide bonds. The van der Waals surface area contributed by atoms with E-state index in [0.29, 0.717) is 5.69 Å². The highest BCUT2D eigenvalue weighted by molar-refractivity contribution is 9.10. The maximum absolute atomic E-state index is 9.75. The molecule has 15 heavy (non-hydrogen) atoms. The van der Waals surface area contributed by atoms with Gasteiger partial charge in [0.2, 0.25) is 0 Å². The van der Waals surface area contributed by atoms with Gasteiger partial charge in [-0.3, -0.25) is 4.40 Å². The number of imidazole rings is 1. The molecule has 80 valence electrons. The molecule has 0 aliphatic carbocycles. The summed E-state index contributed by atoms with van der Waals surface area (Å²) in [7, 11) is 0. The molecule has 0 radical (unpaired) electrons. The Morgan fingerprint density at radius 2 is 2.33 bits per heavy atom. The van der Waals surface area contributed by atoms with Crippen LogP contribution in [-0.4, -0.2) is 25.5 Å². The lowest BCUT2D eigenvalue weighted by molar-refractivity contribution is 0.149. The maximum Gasteiger partial charge on any atom is 0.154 e. The number of aliphatic hydroxyl groups is 1. The summed E-state index contributed by atoms with van der Waals surface area (Å²) in [6.45, 7) is 1.74. The largest absolute Gasteiger partial charge is 0.385 e. The molecule has 0 aliphatic rings. The summed E-state index contributed by atoms with van der Waals surface area (Å²) in [6.07, 6.45) is 4.26. The van der Waals surface area contributed by atoms with Crippen molar-refractivity contribution in [2.24, 2.45) is 5.73 Å². The van der Waals surface area contributed by atoms with Crippen LogP contribution in [0.4, 0.5) is 0 Å². The number of nitrogens with zero attached hydrogens (tertiary/aromatic N) is 3. The van der Waals surface area contributed by atoms with E-state index in [9.17, 15) is 5.11 Å². The van der Waals surface area contributed by atoms with Crippen molar-refractivity contribution in [1.29, 1.82) is 0 Å². The summed E-state index contributed by atoms with van der Waals surface area (Å²) in [5, 5.41) is 9.75. The van der Waals surface area contributed by atoms with Crippen LogP contribution in [0, 0.1) is 0 Å². The van der Waals surface area contributed by atoms with Crippen molar-refractivity contribution in [2.75, 3.05) is 0 Å². The van der Waals surface area contributed by atoms with Crippen molar-refractivity contribution in [3.63, 3.8) is 0 Å². The third kappa shape index (κ3) is 1.88. The van der Waals surface area contributed by atoms with E-state index in [1.165, 1.54) is 0 Å². The first-order chi connectivity index (χ1) is 7.09. The number of hydrogen-bond donors (Lipinski definition) is 2. The number of rotatable bonds is 2. The Morgan fingerprint density at radius 3 is 2.93 bits per heavy atom. The molecular weight excluding hydrogens is 260 g/mol. The lowest BCUT2D eigenvalue weighted by atomic mass is 10.1. The molecule has 0 saturated heterocycles. The lowest BCUT2D eigenvalue weighted by Gasteiger charge is -2.10. The number of nitrogens with two attached hydrogens (primary N) is 1. The first-order valence-electron chi connectivity index (χ1n) is 4.51. The van der Waals surface area contributed by atoms with Crippen molar-refractivity contribution in [2.45, 2.75) is 19.1 Å². The molecule has 2 rings (SSSR count). The normalized spacial score (nSPS) is 15.5. The molecule has 0 fully saturated rings. The van der Waals surface area contributed by atoms with Gasteiger partial charge in [0.05, 0.1) is 10.2 Å². The van der Waals surface area contributed by atoms with Crippen molar-refractivity contribution >= 4 is 21.6 Å². The van der Waals surface area contributed by atoms with Gasteiger partial charge in [0.25, 0.3) is 0 Å². The molecule has 2 aromatic rings. The van der Waals surface area contributed by atoms with Crippen molar-refractivity contribution in [3.8, 4) is 0 Å². The van der Waals surface area contributed by atoms with E-state index in [4.69, 9.17) is 5.73 Å². The predicted octanol–water partition coefficient (Wildman–Crippen LogP) is 0.872. The predicted molar refractivity (Wildman–Crippen MR) is 59.3 cm³/mol. The van der Waals surface area contributed by atoms with Gasteiger partial charge in [-0.2, -0.15) is 0 Å². The van der Waals surface area contributed by atoms with E-state index in [1.807, 2.05) is 0 Å². The summed E-state index contributed by atoms with van der Waals surface area (Å²) in [5.41, 5.74) is 6.88. The Kier molecular flexibility index (Phi) is 2.72. The van der Waals surface area contributed by atoms with Gasteiger partial charge >= 0.3 is 0 Å². The average molecular weight is 271 g/mol. The molecule has 6 heteroatoms. The Balaban J connectivity index is 2.52. The second-order valence-electron chi connectivity index (χ2n) is 3.44. The van der Waals surface area contributed by atoms with Crippen molar-refractivity contribution in [1.82, 2.24) is 14.4 Å². The number of halogens is 1. The summed E-state index contributed by atoms with van der Waals surface area (Å²) in [5.74, 6) is 0. The van der Waals surface area contributed by atoms with Gasteiger partial charge in [-0.25, -0.2) is 9.97 Å². The monoisotopic (exact) mass is 270 g/mol. The molecule has 0 aromatic carbocycles. The average Bonchev–Trinajstić information content (AvgIpc) is 2.61. The van der Waals surface area contributed by atoms with Crippen LogP contribution in [0.5, 0.6) is 0 Å². The standard InChI is InChI=1S/C9H11BrN4O/c1-5(11)8(15)7-3-14-4-12-2-6(10)9(14)13-7/h2-5,8,15H,11H2,1H3. The second-order valence-corrected chi connectivity index (χ2v) is 4.30. The lowest BCUT2D eigenvalue weighted by Crippen LogP contribution is -2.24. The van der Waals surface area contributed by atoms with Gasteiger partial charge in [0.15, 0.2) is 5.65 Å². The fourth-order valence-electron chi connectivity index (χ4n) is 1.32. The fraction of sp³-hybridized carbons (Fsp3) is 0.333. The zero-order chi connectivity index (χ0) is 11.0. The molecular formula is C9H11BrN4O. The highest BCUT2D eigenvalue weighted by atomic mass is 79.9.